The van der Waals surface area contributed by atoms with E-state index in [1.807, 2.05) is 0 Å². The predicted octanol–water partition coefficient (Wildman–Crippen LogP) is 1.27. The normalized spacial score (nSPS) is 19.3. The second-order valence-corrected chi connectivity index (χ2v) is 7.45. The van der Waals surface area contributed by atoms with Crippen molar-refractivity contribution in [2.24, 2.45) is 5.92 Å². The van der Waals surface area contributed by atoms with E-state index >= 15 is 0 Å². The molecule has 0 aliphatic carbocycles. The number of hydrogen-bond donors (Lipinski definition) is 1. The molecule has 1 atom stereocenters. The van der Waals surface area contributed by atoms with Crippen molar-refractivity contribution in [3.8, 4) is 0 Å². The van der Waals surface area contributed by atoms with Gasteiger partial charge in [-0.25, -0.2) is 13.2 Å². The molecule has 0 spiro atoms. The number of carbonyl (C=O) groups excluding carboxylic acids is 1. The minimum Gasteiger partial charge on any atom is -0.481 e. The highest BCUT2D eigenvalue weighted by atomic mass is 32.2. The lowest BCUT2D eigenvalue weighted by molar-refractivity contribution is -0.142. The molecule has 2 rings (SSSR count). The Labute approximate surface area is 134 Å². The number of carbonyl (C=O) groups is 2. The molecule has 7 nitrogen and oxygen atoms in total. The largest absolute Gasteiger partial charge is 0.481 e. The molecule has 1 N–H and O–H groups in total. The van der Waals surface area contributed by atoms with Crippen molar-refractivity contribution in [1.29, 1.82) is 0 Å². The van der Waals surface area contributed by atoms with Crippen LogP contribution in [0.1, 0.15) is 28.8 Å². The number of sulfonamides is 1. The average Bonchev–Trinajstić information content (AvgIpc) is 2.54. The Morgan fingerprint density at radius 2 is 2.04 bits per heavy atom. The third kappa shape index (κ3) is 3.53. The van der Waals surface area contributed by atoms with Gasteiger partial charge in [0, 0.05) is 13.1 Å². The van der Waals surface area contributed by atoms with Crippen LogP contribution in [-0.2, 0) is 19.6 Å². The third-order valence-corrected chi connectivity index (χ3v) is 5.85. The third-order valence-electron chi connectivity index (χ3n) is 3.99. The summed E-state index contributed by atoms with van der Waals surface area (Å²) in [7, 11) is -2.62. The molecule has 1 heterocycles. The second kappa shape index (κ2) is 6.67. The first-order valence-corrected chi connectivity index (χ1v) is 8.63. The zero-order chi connectivity index (χ0) is 17.2. The summed E-state index contributed by atoms with van der Waals surface area (Å²) in [6, 6.07) is 4.24. The van der Waals surface area contributed by atoms with Gasteiger partial charge in [-0.3, -0.25) is 4.79 Å². The van der Waals surface area contributed by atoms with Crippen LogP contribution in [0.15, 0.2) is 23.1 Å². The SMILES string of the molecule is COC(=O)c1cc(S(=O)(=O)N2CCCC(C(=O)O)C2)ccc1C. The van der Waals surface area contributed by atoms with Gasteiger partial charge in [0.2, 0.25) is 10.0 Å². The summed E-state index contributed by atoms with van der Waals surface area (Å²) in [6.45, 7) is 1.90. The van der Waals surface area contributed by atoms with E-state index in [0.29, 0.717) is 18.4 Å². The van der Waals surface area contributed by atoms with E-state index in [4.69, 9.17) is 5.11 Å². The minimum atomic E-state index is -3.85. The monoisotopic (exact) mass is 341 g/mol. The fourth-order valence-electron chi connectivity index (χ4n) is 2.60. The van der Waals surface area contributed by atoms with Gasteiger partial charge in [-0.1, -0.05) is 6.07 Å². The van der Waals surface area contributed by atoms with Crippen molar-refractivity contribution in [2.75, 3.05) is 20.2 Å². The van der Waals surface area contributed by atoms with Crippen LogP contribution in [0.4, 0.5) is 0 Å². The summed E-state index contributed by atoms with van der Waals surface area (Å²) in [5, 5.41) is 9.09. The van der Waals surface area contributed by atoms with Crippen molar-refractivity contribution in [3.05, 3.63) is 29.3 Å². The van der Waals surface area contributed by atoms with Gasteiger partial charge in [0.05, 0.1) is 23.5 Å². The highest BCUT2D eigenvalue weighted by molar-refractivity contribution is 7.89. The lowest BCUT2D eigenvalue weighted by Crippen LogP contribution is -2.42. The molecule has 1 unspecified atom stereocenters. The molecular formula is C15H19NO6S. The summed E-state index contributed by atoms with van der Waals surface area (Å²) in [5.41, 5.74) is 0.790. The summed E-state index contributed by atoms with van der Waals surface area (Å²) in [6.07, 6.45) is 0.953. The van der Waals surface area contributed by atoms with Gasteiger partial charge in [-0.15, -0.1) is 0 Å². The van der Waals surface area contributed by atoms with E-state index in [1.165, 1.54) is 29.6 Å². The van der Waals surface area contributed by atoms with Crippen LogP contribution >= 0.6 is 0 Å². The first-order chi connectivity index (χ1) is 10.8. The molecule has 126 valence electrons. The van der Waals surface area contributed by atoms with Crippen LogP contribution in [0.25, 0.3) is 0 Å². The fraction of sp³-hybridized carbons (Fsp3) is 0.467. The molecule has 1 saturated heterocycles. The Kier molecular flexibility index (Phi) is 5.06. The number of ether oxygens (including phenoxy) is 1. The number of carboxylic acids is 1. The number of carboxylic acid groups (broad SMARTS) is 1. The van der Waals surface area contributed by atoms with E-state index in [9.17, 15) is 18.0 Å². The number of aliphatic carboxylic acids is 1. The van der Waals surface area contributed by atoms with Gasteiger partial charge in [-0.05, 0) is 37.5 Å². The van der Waals surface area contributed by atoms with Crippen LogP contribution in [0, 0.1) is 12.8 Å². The first kappa shape index (κ1) is 17.4. The van der Waals surface area contributed by atoms with Crippen LogP contribution in [0.5, 0.6) is 0 Å². The number of esters is 1. The molecular weight excluding hydrogens is 322 g/mol. The number of methoxy groups -OCH3 is 1. The molecule has 0 saturated carbocycles. The highest BCUT2D eigenvalue weighted by Crippen LogP contribution is 2.25. The van der Waals surface area contributed by atoms with Crippen molar-refractivity contribution < 1.29 is 27.9 Å². The molecule has 1 fully saturated rings. The molecule has 0 aromatic heterocycles. The molecule has 1 aliphatic rings. The summed E-state index contributed by atoms with van der Waals surface area (Å²) >= 11 is 0. The van der Waals surface area contributed by atoms with Gasteiger partial charge in [0.1, 0.15) is 0 Å². The van der Waals surface area contributed by atoms with Crippen molar-refractivity contribution in [3.63, 3.8) is 0 Å². The lowest BCUT2D eigenvalue weighted by Gasteiger charge is -2.30. The topological polar surface area (TPSA) is 101 Å². The number of benzene rings is 1. The molecule has 1 aliphatic heterocycles. The summed E-state index contributed by atoms with van der Waals surface area (Å²) < 4.78 is 31.2. The minimum absolute atomic E-state index is 0.0328. The maximum atomic E-state index is 12.7. The van der Waals surface area contributed by atoms with Gasteiger partial charge in [0.25, 0.3) is 0 Å². The van der Waals surface area contributed by atoms with E-state index in [1.54, 1.807) is 6.92 Å². The van der Waals surface area contributed by atoms with E-state index in [-0.39, 0.29) is 23.5 Å². The molecule has 0 bridgehead atoms. The highest BCUT2D eigenvalue weighted by Gasteiger charge is 2.33. The molecule has 0 radical (unpaired) electrons. The molecule has 1 aromatic rings. The number of hydrogen-bond acceptors (Lipinski definition) is 5. The zero-order valence-electron chi connectivity index (χ0n) is 13.0. The van der Waals surface area contributed by atoms with Crippen molar-refractivity contribution in [2.45, 2.75) is 24.7 Å². The Bertz CT molecular complexity index is 727. The van der Waals surface area contributed by atoms with Gasteiger partial charge in [0.15, 0.2) is 0 Å². The fourth-order valence-corrected chi connectivity index (χ4v) is 4.15. The lowest BCUT2D eigenvalue weighted by atomic mass is 10.0. The molecule has 23 heavy (non-hydrogen) atoms. The quantitative estimate of drug-likeness (QED) is 0.828. The van der Waals surface area contributed by atoms with Crippen molar-refractivity contribution >= 4 is 22.0 Å². The second-order valence-electron chi connectivity index (χ2n) is 5.51. The Morgan fingerprint density at radius 3 is 2.65 bits per heavy atom. The Morgan fingerprint density at radius 1 is 1.35 bits per heavy atom. The van der Waals surface area contributed by atoms with Crippen LogP contribution in [0.3, 0.4) is 0 Å². The first-order valence-electron chi connectivity index (χ1n) is 7.19. The number of aryl methyl sites for hydroxylation is 1. The Balaban J connectivity index is 2.36. The summed E-state index contributed by atoms with van der Waals surface area (Å²) in [5.74, 6) is -2.31. The summed E-state index contributed by atoms with van der Waals surface area (Å²) in [4.78, 5) is 22.8. The van der Waals surface area contributed by atoms with Gasteiger partial charge >= 0.3 is 11.9 Å². The van der Waals surface area contributed by atoms with Crippen LogP contribution in [0.2, 0.25) is 0 Å². The van der Waals surface area contributed by atoms with Gasteiger partial charge < -0.3 is 9.84 Å². The van der Waals surface area contributed by atoms with Crippen LogP contribution < -0.4 is 0 Å². The predicted molar refractivity (Wildman–Crippen MR) is 81.6 cm³/mol. The number of piperidine rings is 1. The maximum absolute atomic E-state index is 12.7. The zero-order valence-corrected chi connectivity index (χ0v) is 13.8. The van der Waals surface area contributed by atoms with Gasteiger partial charge in [-0.2, -0.15) is 4.31 Å². The van der Waals surface area contributed by atoms with Crippen molar-refractivity contribution in [1.82, 2.24) is 4.31 Å². The molecule has 0 amide bonds. The van der Waals surface area contributed by atoms with E-state index in [2.05, 4.69) is 4.74 Å². The number of rotatable bonds is 4. The molecule has 1 aromatic carbocycles. The Hall–Kier alpha value is -1.93. The smallest absolute Gasteiger partial charge is 0.338 e. The molecule has 8 heteroatoms. The standard InChI is InChI=1S/C15H19NO6S/c1-10-5-6-12(8-13(10)15(19)22-2)23(20,21)16-7-3-4-11(9-16)14(17)18/h5-6,8,11H,3-4,7,9H2,1-2H3,(H,17,18). The number of nitrogens with zero attached hydrogens (tertiary/aromatic N) is 1. The average molecular weight is 341 g/mol. The van der Waals surface area contributed by atoms with E-state index in [0.717, 1.165) is 0 Å². The van der Waals surface area contributed by atoms with E-state index < -0.39 is 27.9 Å². The maximum Gasteiger partial charge on any atom is 0.338 e. The van der Waals surface area contributed by atoms with Crippen LogP contribution in [-0.4, -0.2) is 50.0 Å².